The third kappa shape index (κ3) is 5.18. The molecule has 1 fully saturated rings. The molecule has 144 valence electrons. The van der Waals surface area contributed by atoms with Crippen LogP contribution < -0.4 is 16.4 Å². The van der Waals surface area contributed by atoms with E-state index >= 15 is 0 Å². The Morgan fingerprint density at radius 1 is 1.15 bits per heavy atom. The molecule has 5 nitrogen and oxygen atoms in total. The number of hydrogen-bond donors (Lipinski definition) is 3. The zero-order valence-corrected chi connectivity index (χ0v) is 17.5. The van der Waals surface area contributed by atoms with Gasteiger partial charge in [-0.05, 0) is 42.2 Å². The molecular formula is C20H24FIN4O. The van der Waals surface area contributed by atoms with Crippen molar-refractivity contribution in [3.05, 3.63) is 71.0 Å². The fraction of sp³-hybridized carbons (Fsp3) is 0.300. The molecule has 0 radical (unpaired) electrons. The maximum absolute atomic E-state index is 14.1. The van der Waals surface area contributed by atoms with Gasteiger partial charge in [0.2, 0.25) is 5.91 Å². The van der Waals surface area contributed by atoms with Gasteiger partial charge in [0.25, 0.3) is 0 Å². The van der Waals surface area contributed by atoms with E-state index in [1.165, 1.54) is 6.07 Å². The van der Waals surface area contributed by atoms with Gasteiger partial charge in [0.1, 0.15) is 5.82 Å². The Hall–Kier alpha value is -2.16. The van der Waals surface area contributed by atoms with Crippen molar-refractivity contribution < 1.29 is 9.18 Å². The van der Waals surface area contributed by atoms with Gasteiger partial charge in [-0.15, -0.1) is 24.0 Å². The average molecular weight is 482 g/mol. The first kappa shape index (κ1) is 21.1. The predicted molar refractivity (Wildman–Crippen MR) is 116 cm³/mol. The van der Waals surface area contributed by atoms with Gasteiger partial charge in [-0.3, -0.25) is 9.79 Å². The van der Waals surface area contributed by atoms with Crippen molar-refractivity contribution in [2.24, 2.45) is 10.7 Å². The Morgan fingerprint density at radius 2 is 1.81 bits per heavy atom. The molecule has 2 aromatic rings. The summed E-state index contributed by atoms with van der Waals surface area (Å²) in [7, 11) is 1.70. The molecule has 7 heteroatoms. The van der Waals surface area contributed by atoms with Crippen LogP contribution in [-0.4, -0.2) is 25.5 Å². The summed E-state index contributed by atoms with van der Waals surface area (Å²) in [5, 5.41) is 6.53. The Bertz CT molecular complexity index is 819. The van der Waals surface area contributed by atoms with Crippen LogP contribution in [0.25, 0.3) is 0 Å². The summed E-state index contributed by atoms with van der Waals surface area (Å²) in [6.45, 7) is 1.19. The van der Waals surface area contributed by atoms with Crippen LogP contribution in [0.15, 0.2) is 53.5 Å². The highest BCUT2D eigenvalue weighted by molar-refractivity contribution is 14.0. The van der Waals surface area contributed by atoms with E-state index in [4.69, 9.17) is 5.73 Å². The smallest absolute Gasteiger partial charge is 0.248 e. The first-order chi connectivity index (χ1) is 12.5. The second-order valence-electron chi connectivity index (χ2n) is 6.60. The Morgan fingerprint density at radius 3 is 2.37 bits per heavy atom. The summed E-state index contributed by atoms with van der Waals surface area (Å²) in [4.78, 5) is 15.3. The van der Waals surface area contributed by atoms with E-state index in [0.717, 1.165) is 24.0 Å². The van der Waals surface area contributed by atoms with Gasteiger partial charge in [0.15, 0.2) is 5.96 Å². The van der Waals surface area contributed by atoms with Crippen LogP contribution in [0.1, 0.15) is 34.3 Å². The number of nitrogens with zero attached hydrogens (tertiary/aromatic N) is 1. The highest BCUT2D eigenvalue weighted by atomic mass is 127. The summed E-state index contributed by atoms with van der Waals surface area (Å²) in [5.74, 6) is 0.0701. The molecule has 3 rings (SSSR count). The van der Waals surface area contributed by atoms with E-state index in [0.29, 0.717) is 24.6 Å². The largest absolute Gasteiger partial charge is 0.366 e. The maximum Gasteiger partial charge on any atom is 0.248 e. The second-order valence-corrected chi connectivity index (χ2v) is 6.60. The molecule has 0 atom stereocenters. The second kappa shape index (κ2) is 9.16. The molecule has 0 heterocycles. The maximum atomic E-state index is 14.1. The minimum Gasteiger partial charge on any atom is -0.366 e. The number of carbonyl (C=O) groups excluding carboxylic acids is 1. The Labute approximate surface area is 175 Å². The van der Waals surface area contributed by atoms with Crippen molar-refractivity contribution in [3.8, 4) is 0 Å². The number of carbonyl (C=O) groups is 1. The first-order valence-corrected chi connectivity index (χ1v) is 8.62. The number of amides is 1. The summed E-state index contributed by atoms with van der Waals surface area (Å²) in [6.07, 6.45) is 1.93. The monoisotopic (exact) mass is 482 g/mol. The van der Waals surface area contributed by atoms with E-state index in [9.17, 15) is 9.18 Å². The normalized spacial score (nSPS) is 14.8. The van der Waals surface area contributed by atoms with Gasteiger partial charge < -0.3 is 16.4 Å². The van der Waals surface area contributed by atoms with E-state index in [-0.39, 0.29) is 35.2 Å². The number of guanidine groups is 1. The summed E-state index contributed by atoms with van der Waals surface area (Å²) < 4.78 is 14.1. The SMILES string of the molecule is CN=C(NCc1ccc(C(N)=O)cc1)NCC1(c2ccccc2F)CC1.I. The molecule has 27 heavy (non-hydrogen) atoms. The van der Waals surface area contributed by atoms with Gasteiger partial charge in [0, 0.05) is 31.1 Å². The number of primary amides is 1. The first-order valence-electron chi connectivity index (χ1n) is 8.62. The van der Waals surface area contributed by atoms with Gasteiger partial charge in [0.05, 0.1) is 0 Å². The van der Waals surface area contributed by atoms with Crippen LogP contribution >= 0.6 is 24.0 Å². The highest BCUT2D eigenvalue weighted by Gasteiger charge is 2.45. The molecule has 1 amide bonds. The van der Waals surface area contributed by atoms with Gasteiger partial charge in [-0.25, -0.2) is 4.39 Å². The van der Waals surface area contributed by atoms with Crippen molar-refractivity contribution in [1.29, 1.82) is 0 Å². The predicted octanol–water partition coefficient (Wildman–Crippen LogP) is 2.94. The third-order valence-corrected chi connectivity index (χ3v) is 4.82. The lowest BCUT2D eigenvalue weighted by atomic mass is 9.95. The topological polar surface area (TPSA) is 79.5 Å². The molecule has 0 unspecified atom stereocenters. The molecule has 0 saturated heterocycles. The van der Waals surface area contributed by atoms with Crippen molar-refractivity contribution in [3.63, 3.8) is 0 Å². The van der Waals surface area contributed by atoms with Crippen molar-refractivity contribution >= 4 is 35.8 Å². The van der Waals surface area contributed by atoms with Crippen LogP contribution in [-0.2, 0) is 12.0 Å². The zero-order valence-electron chi connectivity index (χ0n) is 15.2. The molecule has 4 N–H and O–H groups in total. The summed E-state index contributed by atoms with van der Waals surface area (Å²) in [5.41, 5.74) is 7.35. The third-order valence-electron chi connectivity index (χ3n) is 4.82. The van der Waals surface area contributed by atoms with Gasteiger partial charge in [-0.2, -0.15) is 0 Å². The number of aliphatic imine (C=N–C) groups is 1. The van der Waals surface area contributed by atoms with Crippen LogP contribution in [0.4, 0.5) is 4.39 Å². The number of hydrogen-bond acceptors (Lipinski definition) is 2. The molecule has 1 saturated carbocycles. The molecule has 0 spiro atoms. The molecule has 1 aliphatic rings. The zero-order chi connectivity index (χ0) is 18.6. The molecular weight excluding hydrogens is 458 g/mol. The van der Waals surface area contributed by atoms with Crippen LogP contribution in [0.3, 0.4) is 0 Å². The molecule has 0 aromatic heterocycles. The lowest BCUT2D eigenvalue weighted by molar-refractivity contribution is 0.100. The fourth-order valence-electron chi connectivity index (χ4n) is 3.03. The van der Waals surface area contributed by atoms with Gasteiger partial charge in [-0.1, -0.05) is 30.3 Å². The summed E-state index contributed by atoms with van der Waals surface area (Å²) in [6, 6.07) is 14.1. The number of nitrogens with one attached hydrogen (secondary N) is 2. The van der Waals surface area contributed by atoms with E-state index in [1.54, 1.807) is 25.2 Å². The fourth-order valence-corrected chi connectivity index (χ4v) is 3.03. The lowest BCUT2D eigenvalue weighted by Gasteiger charge is -2.19. The number of benzene rings is 2. The Balaban J connectivity index is 0.00000261. The number of nitrogens with two attached hydrogens (primary N) is 1. The summed E-state index contributed by atoms with van der Waals surface area (Å²) >= 11 is 0. The van der Waals surface area contributed by atoms with Crippen molar-refractivity contribution in [2.75, 3.05) is 13.6 Å². The average Bonchev–Trinajstić information content (AvgIpc) is 3.43. The minimum atomic E-state index is -0.440. The number of rotatable bonds is 6. The van der Waals surface area contributed by atoms with Crippen LogP contribution in [0.2, 0.25) is 0 Å². The van der Waals surface area contributed by atoms with E-state index in [2.05, 4.69) is 15.6 Å². The molecule has 1 aliphatic carbocycles. The van der Waals surface area contributed by atoms with Crippen LogP contribution in [0.5, 0.6) is 0 Å². The van der Waals surface area contributed by atoms with E-state index < -0.39 is 5.91 Å². The Kier molecular flexibility index (Phi) is 7.18. The van der Waals surface area contributed by atoms with Crippen molar-refractivity contribution in [1.82, 2.24) is 10.6 Å². The minimum absolute atomic E-state index is 0. The van der Waals surface area contributed by atoms with Gasteiger partial charge >= 0.3 is 0 Å². The highest BCUT2D eigenvalue weighted by Crippen LogP contribution is 2.48. The number of halogens is 2. The quantitative estimate of drug-likeness (QED) is 0.337. The van der Waals surface area contributed by atoms with E-state index in [1.807, 2.05) is 24.3 Å². The molecule has 0 bridgehead atoms. The van der Waals surface area contributed by atoms with Crippen molar-refractivity contribution in [2.45, 2.75) is 24.8 Å². The lowest BCUT2D eigenvalue weighted by Crippen LogP contribution is -2.41. The molecule has 0 aliphatic heterocycles. The molecule has 2 aromatic carbocycles. The standard InChI is InChI=1S/C20H23FN4O.HI/c1-23-19(24-12-14-6-8-15(9-7-14)18(22)26)25-13-20(10-11-20)16-4-2-3-5-17(16)21;/h2-9H,10-13H2,1H3,(H2,22,26)(H2,23,24,25);1H. The van der Waals surface area contributed by atoms with Crippen LogP contribution in [0, 0.1) is 5.82 Å².